The lowest BCUT2D eigenvalue weighted by atomic mass is 10.1. The number of aromatic nitrogens is 6. The highest BCUT2D eigenvalue weighted by molar-refractivity contribution is 6.19. The Labute approximate surface area is 105 Å². The standard InChI is InChI=1S/C11H5FN6O/c1-4-2-5-6(3-7(4)12)10(19)9-8(5)15-18-11(13-9)14-16-17-18/h2-3H,1H3. The summed E-state index contributed by atoms with van der Waals surface area (Å²) in [6.45, 7) is 1.63. The van der Waals surface area contributed by atoms with E-state index < -0.39 is 5.82 Å². The molecule has 3 aromatic rings. The fourth-order valence-corrected chi connectivity index (χ4v) is 2.14. The molecular weight excluding hydrogens is 251 g/mol. The molecular formula is C11H5FN6O. The van der Waals surface area contributed by atoms with Crippen LogP contribution in [0.2, 0.25) is 0 Å². The molecule has 4 rings (SSSR count). The van der Waals surface area contributed by atoms with E-state index in [1.165, 1.54) is 6.07 Å². The number of rotatable bonds is 0. The lowest BCUT2D eigenvalue weighted by Crippen LogP contribution is -2.04. The van der Waals surface area contributed by atoms with E-state index in [0.29, 0.717) is 16.8 Å². The van der Waals surface area contributed by atoms with Crippen LogP contribution in [0.4, 0.5) is 4.39 Å². The second kappa shape index (κ2) is 3.16. The summed E-state index contributed by atoms with van der Waals surface area (Å²) in [6, 6.07) is 2.80. The number of tetrazole rings is 1. The lowest BCUT2D eigenvalue weighted by molar-refractivity contribution is 0.103. The molecule has 92 valence electrons. The molecule has 1 aliphatic carbocycles. The van der Waals surface area contributed by atoms with Crippen molar-refractivity contribution in [1.29, 1.82) is 0 Å². The molecule has 1 aromatic carbocycles. The summed E-state index contributed by atoms with van der Waals surface area (Å²) >= 11 is 0. The highest BCUT2D eigenvalue weighted by atomic mass is 19.1. The number of benzene rings is 1. The van der Waals surface area contributed by atoms with Crippen molar-refractivity contribution in [2.24, 2.45) is 0 Å². The number of carbonyl (C=O) groups excluding carboxylic acids is 1. The van der Waals surface area contributed by atoms with Gasteiger partial charge in [0.15, 0.2) is 0 Å². The molecule has 0 fully saturated rings. The molecule has 2 heterocycles. The fourth-order valence-electron chi connectivity index (χ4n) is 2.14. The summed E-state index contributed by atoms with van der Waals surface area (Å²) in [5, 5.41) is 14.8. The van der Waals surface area contributed by atoms with Gasteiger partial charge < -0.3 is 0 Å². The molecule has 0 spiro atoms. The van der Waals surface area contributed by atoms with E-state index >= 15 is 0 Å². The zero-order valence-electron chi connectivity index (χ0n) is 9.62. The molecule has 8 heteroatoms. The number of fused-ring (bicyclic) bond motifs is 4. The highest BCUT2D eigenvalue weighted by Crippen LogP contribution is 2.35. The minimum absolute atomic E-state index is 0.136. The lowest BCUT2D eigenvalue weighted by Gasteiger charge is -2.01. The van der Waals surface area contributed by atoms with Crippen molar-refractivity contribution in [1.82, 2.24) is 30.2 Å². The minimum Gasteiger partial charge on any atom is -0.287 e. The predicted octanol–water partition coefficient (Wildman–Crippen LogP) is 0.573. The molecule has 0 amide bonds. The topological polar surface area (TPSA) is 85.9 Å². The molecule has 0 radical (unpaired) electrons. The molecule has 0 saturated carbocycles. The summed E-state index contributed by atoms with van der Waals surface area (Å²) in [7, 11) is 0. The number of aryl methyl sites for hydroxylation is 1. The van der Waals surface area contributed by atoms with Crippen molar-refractivity contribution in [2.75, 3.05) is 0 Å². The van der Waals surface area contributed by atoms with Crippen LogP contribution in [-0.4, -0.2) is 36.0 Å². The Morgan fingerprint density at radius 2 is 2.05 bits per heavy atom. The van der Waals surface area contributed by atoms with Gasteiger partial charge >= 0.3 is 0 Å². The second-order valence-corrected chi connectivity index (χ2v) is 4.25. The maximum Gasteiger partial charge on any atom is 0.292 e. The van der Waals surface area contributed by atoms with E-state index in [0.717, 1.165) is 4.63 Å². The van der Waals surface area contributed by atoms with Crippen LogP contribution in [0.5, 0.6) is 0 Å². The Balaban J connectivity index is 2.11. The monoisotopic (exact) mass is 256 g/mol. The Kier molecular flexibility index (Phi) is 1.69. The van der Waals surface area contributed by atoms with Gasteiger partial charge in [0, 0.05) is 11.1 Å². The number of nitrogens with zero attached hydrogens (tertiary/aromatic N) is 6. The molecule has 0 aliphatic heterocycles. The van der Waals surface area contributed by atoms with Crippen LogP contribution in [-0.2, 0) is 0 Å². The number of hydrogen-bond donors (Lipinski definition) is 0. The third-order valence-electron chi connectivity index (χ3n) is 3.08. The average Bonchev–Trinajstić information content (AvgIpc) is 2.94. The van der Waals surface area contributed by atoms with Crippen molar-refractivity contribution >= 4 is 11.6 Å². The van der Waals surface area contributed by atoms with Gasteiger partial charge in [0.25, 0.3) is 5.78 Å². The third-order valence-corrected chi connectivity index (χ3v) is 3.08. The van der Waals surface area contributed by atoms with E-state index in [1.807, 2.05) is 0 Å². The Hall–Kier alpha value is -2.77. The highest BCUT2D eigenvalue weighted by Gasteiger charge is 2.32. The van der Waals surface area contributed by atoms with E-state index in [4.69, 9.17) is 0 Å². The summed E-state index contributed by atoms with van der Waals surface area (Å²) in [4.78, 5) is 16.2. The molecule has 0 unspecified atom stereocenters. The zero-order chi connectivity index (χ0) is 13.1. The number of ketones is 1. The van der Waals surface area contributed by atoms with Crippen molar-refractivity contribution in [3.8, 4) is 11.3 Å². The van der Waals surface area contributed by atoms with Gasteiger partial charge in [-0.2, -0.15) is 0 Å². The van der Waals surface area contributed by atoms with Gasteiger partial charge in [-0.15, -0.1) is 5.10 Å². The molecule has 0 bridgehead atoms. The first-order valence-electron chi connectivity index (χ1n) is 5.47. The van der Waals surface area contributed by atoms with Gasteiger partial charge in [-0.25, -0.2) is 9.37 Å². The molecule has 0 N–H and O–H groups in total. The first-order valence-corrected chi connectivity index (χ1v) is 5.47. The van der Waals surface area contributed by atoms with Crippen LogP contribution < -0.4 is 0 Å². The quantitative estimate of drug-likeness (QED) is 0.457. The number of hydrogen-bond acceptors (Lipinski definition) is 6. The largest absolute Gasteiger partial charge is 0.292 e. The molecule has 7 nitrogen and oxygen atoms in total. The van der Waals surface area contributed by atoms with Crippen LogP contribution in [0.1, 0.15) is 21.6 Å². The van der Waals surface area contributed by atoms with Crippen molar-refractivity contribution in [2.45, 2.75) is 6.92 Å². The summed E-state index contributed by atoms with van der Waals surface area (Å²) < 4.78 is 14.7. The molecule has 1 aliphatic rings. The van der Waals surface area contributed by atoms with E-state index in [-0.39, 0.29) is 22.8 Å². The van der Waals surface area contributed by atoms with E-state index in [2.05, 4.69) is 25.6 Å². The van der Waals surface area contributed by atoms with Gasteiger partial charge in [-0.05, 0) is 35.0 Å². The molecule has 0 saturated heterocycles. The van der Waals surface area contributed by atoms with Crippen molar-refractivity contribution in [3.05, 3.63) is 34.8 Å². The normalized spacial score (nSPS) is 12.8. The maximum absolute atomic E-state index is 13.6. The predicted molar refractivity (Wildman–Crippen MR) is 59.9 cm³/mol. The SMILES string of the molecule is Cc1cc2c(cc1F)C(=O)c1nc3nnnn3nc1-2. The van der Waals surface area contributed by atoms with Crippen molar-refractivity contribution in [3.63, 3.8) is 0 Å². The zero-order valence-corrected chi connectivity index (χ0v) is 9.62. The minimum atomic E-state index is -0.426. The molecule has 0 atom stereocenters. The van der Waals surface area contributed by atoms with Crippen LogP contribution >= 0.6 is 0 Å². The van der Waals surface area contributed by atoms with Gasteiger partial charge in [0.05, 0.1) is 0 Å². The first kappa shape index (κ1) is 10.2. The van der Waals surface area contributed by atoms with Gasteiger partial charge in [0.2, 0.25) is 5.78 Å². The van der Waals surface area contributed by atoms with Crippen LogP contribution in [0.15, 0.2) is 12.1 Å². The Bertz CT molecular complexity index is 871. The maximum atomic E-state index is 13.6. The van der Waals surface area contributed by atoms with Gasteiger partial charge in [-0.3, -0.25) is 4.79 Å². The Morgan fingerprint density at radius 1 is 1.21 bits per heavy atom. The molecule has 2 aromatic heterocycles. The first-order chi connectivity index (χ1) is 9.15. The molecule has 19 heavy (non-hydrogen) atoms. The van der Waals surface area contributed by atoms with Gasteiger partial charge in [-0.1, -0.05) is 9.73 Å². The summed E-state index contributed by atoms with van der Waals surface area (Å²) in [5.41, 5.74) is 1.80. The van der Waals surface area contributed by atoms with E-state index in [1.54, 1.807) is 13.0 Å². The smallest absolute Gasteiger partial charge is 0.287 e. The van der Waals surface area contributed by atoms with Crippen LogP contribution in [0.25, 0.3) is 17.0 Å². The van der Waals surface area contributed by atoms with Crippen LogP contribution in [0.3, 0.4) is 0 Å². The summed E-state index contributed by atoms with van der Waals surface area (Å²) in [5.74, 6) is -0.650. The van der Waals surface area contributed by atoms with Crippen LogP contribution in [0, 0.1) is 12.7 Å². The summed E-state index contributed by atoms with van der Waals surface area (Å²) in [6.07, 6.45) is 0. The average molecular weight is 256 g/mol. The Morgan fingerprint density at radius 3 is 2.89 bits per heavy atom. The van der Waals surface area contributed by atoms with Crippen molar-refractivity contribution < 1.29 is 9.18 Å². The number of carbonyl (C=O) groups is 1. The number of halogens is 1. The third kappa shape index (κ3) is 1.20. The van der Waals surface area contributed by atoms with Gasteiger partial charge in [0.1, 0.15) is 17.2 Å². The fraction of sp³-hybridized carbons (Fsp3) is 0.0909. The second-order valence-electron chi connectivity index (χ2n) is 4.25. The van der Waals surface area contributed by atoms with E-state index in [9.17, 15) is 9.18 Å².